The van der Waals surface area contributed by atoms with E-state index in [0.717, 1.165) is 18.3 Å². The second kappa shape index (κ2) is 7.84. The summed E-state index contributed by atoms with van der Waals surface area (Å²) in [5.74, 6) is 0. The predicted octanol–water partition coefficient (Wildman–Crippen LogP) is 3.01. The Kier molecular flexibility index (Phi) is 6.38. The molecule has 2 aromatic carbocycles. The molecule has 21 heavy (non-hydrogen) atoms. The van der Waals surface area contributed by atoms with E-state index in [-0.39, 0.29) is 0 Å². The van der Waals surface area contributed by atoms with E-state index in [1.165, 1.54) is 0 Å². The second-order valence-corrected chi connectivity index (χ2v) is 20.0. The number of halogens is 2. The summed E-state index contributed by atoms with van der Waals surface area (Å²) >= 11 is -3.70. The number of rotatable bonds is 6. The Morgan fingerprint density at radius 2 is 1.33 bits per heavy atom. The SMILES string of the molecule is COCc1cccc(COC)[c]1[Sn]([Cl])([Cl])[c]1ccccc1. The molecule has 0 aliphatic carbocycles. The van der Waals surface area contributed by atoms with Crippen LogP contribution in [0.15, 0.2) is 48.5 Å². The van der Waals surface area contributed by atoms with Crippen molar-refractivity contribution in [2.24, 2.45) is 0 Å². The zero-order chi connectivity index (χ0) is 15.3. The molecule has 0 aliphatic heterocycles. The average molecular weight is 432 g/mol. The second-order valence-electron chi connectivity index (χ2n) is 4.76. The normalized spacial score (nSPS) is 11.6. The molecule has 5 heteroatoms. The predicted molar refractivity (Wildman–Crippen MR) is 91.0 cm³/mol. The summed E-state index contributed by atoms with van der Waals surface area (Å²) in [5, 5.41) is 0. The first-order valence-electron chi connectivity index (χ1n) is 6.63. The number of hydrogen-bond acceptors (Lipinski definition) is 2. The van der Waals surface area contributed by atoms with Gasteiger partial charge in [-0.05, 0) is 0 Å². The third kappa shape index (κ3) is 3.93. The van der Waals surface area contributed by atoms with Crippen molar-refractivity contribution in [3.8, 4) is 0 Å². The Labute approximate surface area is 137 Å². The fraction of sp³-hybridized carbons (Fsp3) is 0.250. The van der Waals surface area contributed by atoms with Crippen LogP contribution in [0.2, 0.25) is 0 Å². The first-order valence-corrected chi connectivity index (χ1v) is 16.7. The molecule has 112 valence electrons. The first-order chi connectivity index (χ1) is 10.1. The molecule has 0 aromatic heterocycles. The summed E-state index contributed by atoms with van der Waals surface area (Å²) < 4.78 is 12.7. The van der Waals surface area contributed by atoms with E-state index in [9.17, 15) is 0 Å². The van der Waals surface area contributed by atoms with Gasteiger partial charge in [-0.15, -0.1) is 0 Å². The molecule has 0 aliphatic rings. The van der Waals surface area contributed by atoms with Gasteiger partial charge < -0.3 is 0 Å². The van der Waals surface area contributed by atoms with Crippen LogP contribution in [0.1, 0.15) is 11.1 Å². The molecule has 0 spiro atoms. The van der Waals surface area contributed by atoms with Crippen molar-refractivity contribution in [1.29, 1.82) is 0 Å². The van der Waals surface area contributed by atoms with Gasteiger partial charge in [0.2, 0.25) is 0 Å². The number of hydrogen-bond donors (Lipinski definition) is 0. The fourth-order valence-corrected chi connectivity index (χ4v) is 13.1. The minimum atomic E-state index is -3.70. The van der Waals surface area contributed by atoms with Crippen molar-refractivity contribution in [3.63, 3.8) is 0 Å². The van der Waals surface area contributed by atoms with Gasteiger partial charge in [0, 0.05) is 0 Å². The molecule has 2 rings (SSSR count). The Bertz CT molecular complexity index is 564. The van der Waals surface area contributed by atoms with Crippen LogP contribution < -0.4 is 7.16 Å². The number of benzene rings is 2. The van der Waals surface area contributed by atoms with Gasteiger partial charge >= 0.3 is 138 Å². The summed E-state index contributed by atoms with van der Waals surface area (Å²) in [7, 11) is 17.2. The summed E-state index contributed by atoms with van der Waals surface area (Å²) in [5.41, 5.74) is 2.11. The Hall–Kier alpha value is -0.261. The van der Waals surface area contributed by atoms with Crippen LogP contribution in [-0.4, -0.2) is 30.3 Å². The van der Waals surface area contributed by atoms with Crippen LogP contribution in [-0.2, 0) is 22.7 Å². The van der Waals surface area contributed by atoms with Crippen molar-refractivity contribution in [1.82, 2.24) is 0 Å². The average Bonchev–Trinajstić information content (AvgIpc) is 2.49. The minimum absolute atomic E-state index is 0.498. The Balaban J connectivity index is 2.59. The van der Waals surface area contributed by atoms with Gasteiger partial charge in [-0.25, -0.2) is 0 Å². The molecule has 0 atom stereocenters. The Morgan fingerprint density at radius 3 is 1.81 bits per heavy atom. The molecule has 0 heterocycles. The van der Waals surface area contributed by atoms with E-state index in [0.29, 0.717) is 13.2 Å². The third-order valence-electron chi connectivity index (χ3n) is 3.29. The molecule has 0 unspecified atom stereocenters. The van der Waals surface area contributed by atoms with E-state index in [1.807, 2.05) is 48.5 Å². The monoisotopic (exact) mass is 432 g/mol. The maximum absolute atomic E-state index is 6.93. The van der Waals surface area contributed by atoms with Crippen LogP contribution in [0.25, 0.3) is 0 Å². The zero-order valence-electron chi connectivity index (χ0n) is 12.1. The van der Waals surface area contributed by atoms with Gasteiger partial charge in [0.1, 0.15) is 0 Å². The molecule has 0 amide bonds. The molecular weight excluding hydrogens is 414 g/mol. The van der Waals surface area contributed by atoms with Crippen LogP contribution >= 0.6 is 17.8 Å². The molecule has 0 fully saturated rings. The molecule has 0 saturated carbocycles. The molecule has 2 aromatic rings. The van der Waals surface area contributed by atoms with Crippen LogP contribution in [0.4, 0.5) is 0 Å². The summed E-state index contributed by atoms with van der Waals surface area (Å²) in [6.45, 7) is 0.996. The molecule has 0 saturated heterocycles. The van der Waals surface area contributed by atoms with Crippen LogP contribution in [0.5, 0.6) is 0 Å². The summed E-state index contributed by atoms with van der Waals surface area (Å²) in [6.07, 6.45) is 0. The van der Waals surface area contributed by atoms with Gasteiger partial charge in [0.05, 0.1) is 0 Å². The standard InChI is InChI=1S/C10H13O2.C6H5.2ClH.Sn/c1-11-7-9-4-3-5-10(6-9)8-12-2;1-2-4-6-5-3-1;;;/h3-5H,7-8H2,1-2H3;1-5H;2*1H;/q;;;;+2/p-2. The van der Waals surface area contributed by atoms with Gasteiger partial charge in [-0.1, -0.05) is 0 Å². The van der Waals surface area contributed by atoms with E-state index in [1.54, 1.807) is 14.2 Å². The Morgan fingerprint density at radius 1 is 0.810 bits per heavy atom. The summed E-state index contributed by atoms with van der Waals surface area (Å²) in [6, 6.07) is 16.0. The van der Waals surface area contributed by atoms with Crippen molar-refractivity contribution in [3.05, 3.63) is 59.7 Å². The van der Waals surface area contributed by atoms with Gasteiger partial charge in [-0.2, -0.15) is 0 Å². The van der Waals surface area contributed by atoms with Gasteiger partial charge in [0.25, 0.3) is 0 Å². The molecule has 0 bridgehead atoms. The molecular formula is C16H18Cl2O2Sn. The molecule has 2 nitrogen and oxygen atoms in total. The van der Waals surface area contributed by atoms with E-state index in [2.05, 4.69) is 0 Å². The quantitative estimate of drug-likeness (QED) is 0.655. The first kappa shape index (κ1) is 17.1. The molecule has 0 radical (unpaired) electrons. The summed E-state index contributed by atoms with van der Waals surface area (Å²) in [4.78, 5) is 0. The zero-order valence-corrected chi connectivity index (χ0v) is 16.5. The maximum atomic E-state index is 6.93. The van der Waals surface area contributed by atoms with E-state index >= 15 is 0 Å². The number of ether oxygens (including phenoxy) is 2. The van der Waals surface area contributed by atoms with E-state index in [4.69, 9.17) is 27.3 Å². The van der Waals surface area contributed by atoms with Crippen LogP contribution in [0.3, 0.4) is 0 Å². The molecule has 0 N–H and O–H groups in total. The van der Waals surface area contributed by atoms with Gasteiger partial charge in [-0.3, -0.25) is 0 Å². The van der Waals surface area contributed by atoms with Crippen molar-refractivity contribution in [2.75, 3.05) is 14.2 Å². The van der Waals surface area contributed by atoms with Gasteiger partial charge in [0.15, 0.2) is 0 Å². The third-order valence-corrected chi connectivity index (χ3v) is 15.4. The van der Waals surface area contributed by atoms with Crippen LogP contribution in [0, 0.1) is 0 Å². The van der Waals surface area contributed by atoms with Crippen molar-refractivity contribution in [2.45, 2.75) is 13.2 Å². The number of methoxy groups -OCH3 is 2. The van der Waals surface area contributed by atoms with Crippen molar-refractivity contribution >= 4 is 41.1 Å². The van der Waals surface area contributed by atoms with Crippen molar-refractivity contribution < 1.29 is 9.47 Å². The topological polar surface area (TPSA) is 18.5 Å². The van der Waals surface area contributed by atoms with E-state index < -0.39 is 16.1 Å². The fourth-order valence-electron chi connectivity index (χ4n) is 2.40.